The van der Waals surface area contributed by atoms with E-state index in [0.717, 1.165) is 17.1 Å². The van der Waals surface area contributed by atoms with E-state index in [4.69, 9.17) is 4.74 Å². The molecule has 0 saturated carbocycles. The highest BCUT2D eigenvalue weighted by molar-refractivity contribution is 7.99. The molecule has 2 rings (SSSR count). The molecule has 0 aromatic heterocycles. The molecule has 0 heterocycles. The molecule has 0 radical (unpaired) electrons. The molecule has 0 atom stereocenters. The number of benzene rings is 2. The number of hydrogen-bond donors (Lipinski definition) is 1. The van der Waals surface area contributed by atoms with Crippen molar-refractivity contribution in [2.24, 2.45) is 0 Å². The van der Waals surface area contributed by atoms with Gasteiger partial charge in [-0.25, -0.2) is 0 Å². The lowest BCUT2D eigenvalue weighted by molar-refractivity contribution is 0.341. The van der Waals surface area contributed by atoms with E-state index in [1.54, 1.807) is 23.9 Å². The van der Waals surface area contributed by atoms with Gasteiger partial charge in [0.15, 0.2) is 0 Å². The van der Waals surface area contributed by atoms with E-state index in [1.807, 2.05) is 31.2 Å². The van der Waals surface area contributed by atoms with Crippen molar-refractivity contribution < 1.29 is 9.84 Å². The molecular formula is C15H16O2S. The van der Waals surface area contributed by atoms with Gasteiger partial charge in [-0.05, 0) is 36.8 Å². The lowest BCUT2D eigenvalue weighted by Crippen LogP contribution is -2.00. The van der Waals surface area contributed by atoms with Crippen molar-refractivity contribution in [2.75, 3.05) is 12.4 Å². The number of phenols is 1. The average Bonchev–Trinajstić information content (AvgIpc) is 2.35. The molecule has 0 aliphatic rings. The number of thioether (sulfide) groups is 1. The van der Waals surface area contributed by atoms with Gasteiger partial charge in [-0.1, -0.05) is 18.2 Å². The summed E-state index contributed by atoms with van der Waals surface area (Å²) in [5.74, 6) is 1.86. The summed E-state index contributed by atoms with van der Waals surface area (Å²) in [6, 6.07) is 15.5. The van der Waals surface area contributed by atoms with E-state index in [-0.39, 0.29) is 5.75 Å². The molecule has 94 valence electrons. The van der Waals surface area contributed by atoms with Crippen molar-refractivity contribution >= 4 is 11.8 Å². The normalized spacial score (nSPS) is 10.3. The van der Waals surface area contributed by atoms with Crippen LogP contribution in [0.5, 0.6) is 11.5 Å². The van der Waals surface area contributed by atoms with Gasteiger partial charge in [-0.2, -0.15) is 0 Å². The number of hydrogen-bond acceptors (Lipinski definition) is 3. The summed E-state index contributed by atoms with van der Waals surface area (Å²) in [6.45, 7) is 2.56. The Hall–Kier alpha value is -1.61. The summed E-state index contributed by atoms with van der Waals surface area (Å²) in [5.41, 5.74) is 1.00. The van der Waals surface area contributed by atoms with Crippen LogP contribution in [-0.2, 0) is 0 Å². The van der Waals surface area contributed by atoms with E-state index in [2.05, 4.69) is 12.1 Å². The molecule has 0 unspecified atom stereocenters. The second-order valence-corrected chi connectivity index (χ2v) is 5.18. The first kappa shape index (κ1) is 12.8. The minimum Gasteiger partial charge on any atom is -0.508 e. The Bertz CT molecular complexity index is 477. The maximum absolute atomic E-state index is 9.44. The molecule has 0 aliphatic heterocycles. The van der Waals surface area contributed by atoms with Crippen LogP contribution < -0.4 is 4.74 Å². The maximum atomic E-state index is 9.44. The van der Waals surface area contributed by atoms with Crippen LogP contribution in [-0.4, -0.2) is 17.5 Å². The van der Waals surface area contributed by atoms with Gasteiger partial charge < -0.3 is 9.84 Å². The molecule has 18 heavy (non-hydrogen) atoms. The van der Waals surface area contributed by atoms with Crippen LogP contribution in [0.15, 0.2) is 53.4 Å². The van der Waals surface area contributed by atoms with E-state index in [1.165, 1.54) is 4.90 Å². The van der Waals surface area contributed by atoms with Gasteiger partial charge in [0, 0.05) is 16.7 Å². The van der Waals surface area contributed by atoms with Crippen LogP contribution in [0.3, 0.4) is 0 Å². The zero-order chi connectivity index (χ0) is 12.8. The van der Waals surface area contributed by atoms with Crippen molar-refractivity contribution in [1.29, 1.82) is 0 Å². The highest BCUT2D eigenvalue weighted by Crippen LogP contribution is 2.22. The number of phenolic OH excluding ortho intramolecular Hbond substituents is 1. The fourth-order valence-electron chi connectivity index (χ4n) is 1.65. The topological polar surface area (TPSA) is 29.5 Å². The Morgan fingerprint density at radius 2 is 1.89 bits per heavy atom. The Balaban J connectivity index is 1.78. The Morgan fingerprint density at radius 1 is 1.11 bits per heavy atom. The summed E-state index contributed by atoms with van der Waals surface area (Å²) in [6.07, 6.45) is 0. The predicted molar refractivity (Wildman–Crippen MR) is 75.5 cm³/mol. The van der Waals surface area contributed by atoms with Gasteiger partial charge in [0.05, 0.1) is 6.61 Å². The summed E-state index contributed by atoms with van der Waals surface area (Å²) < 4.78 is 5.61. The predicted octanol–water partition coefficient (Wildman–Crippen LogP) is 3.87. The minimum absolute atomic E-state index is 0.251. The average molecular weight is 260 g/mol. The molecule has 0 bridgehead atoms. The minimum atomic E-state index is 0.251. The zero-order valence-electron chi connectivity index (χ0n) is 10.3. The quantitative estimate of drug-likeness (QED) is 0.653. The maximum Gasteiger partial charge on any atom is 0.123 e. The summed E-state index contributed by atoms with van der Waals surface area (Å²) in [7, 11) is 0. The van der Waals surface area contributed by atoms with Crippen LogP contribution in [0.1, 0.15) is 5.56 Å². The number of aromatic hydroxyl groups is 1. The first-order chi connectivity index (χ1) is 8.74. The van der Waals surface area contributed by atoms with Crippen LogP contribution >= 0.6 is 11.8 Å². The van der Waals surface area contributed by atoms with Crippen LogP contribution in [0.25, 0.3) is 0 Å². The van der Waals surface area contributed by atoms with E-state index in [0.29, 0.717) is 6.61 Å². The largest absolute Gasteiger partial charge is 0.508 e. The van der Waals surface area contributed by atoms with Gasteiger partial charge in [-0.3, -0.25) is 0 Å². The van der Waals surface area contributed by atoms with Crippen LogP contribution in [0.2, 0.25) is 0 Å². The molecule has 2 aromatic rings. The molecule has 0 fully saturated rings. The van der Waals surface area contributed by atoms with Crippen LogP contribution in [0.4, 0.5) is 0 Å². The monoisotopic (exact) mass is 260 g/mol. The van der Waals surface area contributed by atoms with Crippen molar-refractivity contribution in [1.82, 2.24) is 0 Å². The molecular weight excluding hydrogens is 244 g/mol. The van der Waals surface area contributed by atoms with E-state index >= 15 is 0 Å². The highest BCUT2D eigenvalue weighted by atomic mass is 32.2. The van der Waals surface area contributed by atoms with Gasteiger partial charge >= 0.3 is 0 Å². The standard InChI is InChI=1S/C15H16O2S/c1-12-9-13(16)11-14(10-12)17-7-8-18-15-5-3-2-4-6-15/h2-6,9-11,16H,7-8H2,1H3. The first-order valence-electron chi connectivity index (χ1n) is 5.85. The number of rotatable bonds is 5. The lowest BCUT2D eigenvalue weighted by Gasteiger charge is -2.07. The molecule has 0 saturated heterocycles. The Morgan fingerprint density at radius 3 is 2.61 bits per heavy atom. The van der Waals surface area contributed by atoms with Gasteiger partial charge in [0.2, 0.25) is 0 Å². The van der Waals surface area contributed by atoms with Crippen molar-refractivity contribution in [3.8, 4) is 11.5 Å². The summed E-state index contributed by atoms with van der Waals surface area (Å²) >= 11 is 1.76. The highest BCUT2D eigenvalue weighted by Gasteiger charge is 1.99. The van der Waals surface area contributed by atoms with Crippen molar-refractivity contribution in [2.45, 2.75) is 11.8 Å². The van der Waals surface area contributed by atoms with Crippen molar-refractivity contribution in [3.05, 3.63) is 54.1 Å². The second-order valence-electron chi connectivity index (χ2n) is 4.01. The van der Waals surface area contributed by atoms with Gasteiger partial charge in [-0.15, -0.1) is 11.8 Å². The first-order valence-corrected chi connectivity index (χ1v) is 6.84. The van der Waals surface area contributed by atoms with E-state index < -0.39 is 0 Å². The molecule has 0 spiro atoms. The summed E-state index contributed by atoms with van der Waals surface area (Å²) in [4.78, 5) is 1.24. The molecule has 3 heteroatoms. The Kier molecular flexibility index (Phi) is 4.53. The number of ether oxygens (including phenoxy) is 1. The third-order valence-corrected chi connectivity index (χ3v) is 3.38. The fraction of sp³-hybridized carbons (Fsp3) is 0.200. The summed E-state index contributed by atoms with van der Waals surface area (Å²) in [5, 5.41) is 9.44. The molecule has 0 aliphatic carbocycles. The second kappa shape index (κ2) is 6.36. The molecule has 0 amide bonds. The smallest absolute Gasteiger partial charge is 0.123 e. The number of aryl methyl sites for hydroxylation is 1. The Labute approximate surface area is 112 Å². The van der Waals surface area contributed by atoms with Crippen molar-refractivity contribution in [3.63, 3.8) is 0 Å². The van der Waals surface area contributed by atoms with Gasteiger partial charge in [0.25, 0.3) is 0 Å². The van der Waals surface area contributed by atoms with Gasteiger partial charge in [0.1, 0.15) is 11.5 Å². The third-order valence-electron chi connectivity index (χ3n) is 2.40. The SMILES string of the molecule is Cc1cc(O)cc(OCCSc2ccccc2)c1. The zero-order valence-corrected chi connectivity index (χ0v) is 11.1. The fourth-order valence-corrected chi connectivity index (χ4v) is 2.40. The van der Waals surface area contributed by atoms with E-state index in [9.17, 15) is 5.11 Å². The lowest BCUT2D eigenvalue weighted by atomic mass is 10.2. The molecule has 2 aromatic carbocycles. The molecule has 2 nitrogen and oxygen atoms in total. The van der Waals surface area contributed by atoms with Crippen LogP contribution in [0, 0.1) is 6.92 Å². The third kappa shape index (κ3) is 4.00. The molecule has 1 N–H and O–H groups in total.